The van der Waals surface area contributed by atoms with Crippen LogP contribution in [0.1, 0.15) is 194 Å². The van der Waals surface area contributed by atoms with Crippen LogP contribution < -0.4 is 0 Å². The van der Waals surface area contributed by atoms with E-state index >= 15 is 0 Å². The highest BCUT2D eigenvalue weighted by Crippen LogP contribution is 2.14. The number of aliphatic hydroxyl groups excluding tert-OH is 1. The average molecular weight is 569 g/mol. The van der Waals surface area contributed by atoms with Gasteiger partial charge in [-0.05, 0) is 12.8 Å². The maximum Gasteiger partial charge on any atom is 0.305 e. The molecule has 0 bridgehead atoms. The number of hydrogen-bond donors (Lipinski definition) is 1. The Bertz CT molecular complexity index is 536. The third-order valence-corrected chi connectivity index (χ3v) is 7.84. The summed E-state index contributed by atoms with van der Waals surface area (Å²) < 4.78 is 10.3. The second-order valence-electron chi connectivity index (χ2n) is 12.0. The van der Waals surface area contributed by atoms with Gasteiger partial charge in [0.25, 0.3) is 0 Å². The summed E-state index contributed by atoms with van der Waals surface area (Å²) >= 11 is 0. The fraction of sp³-hybridized carbons (Fsp3) is 0.943. The molecule has 0 rings (SSSR count). The lowest BCUT2D eigenvalue weighted by atomic mass is 10.0. The molecule has 0 aromatic carbocycles. The van der Waals surface area contributed by atoms with E-state index in [4.69, 9.17) is 9.47 Å². The average Bonchev–Trinajstić information content (AvgIpc) is 2.95. The van der Waals surface area contributed by atoms with Crippen molar-refractivity contribution < 1.29 is 24.2 Å². The van der Waals surface area contributed by atoms with E-state index in [2.05, 4.69) is 13.8 Å². The molecule has 0 aromatic rings. The van der Waals surface area contributed by atoms with Gasteiger partial charge in [-0.2, -0.15) is 0 Å². The normalized spacial score (nSPS) is 12.0. The monoisotopic (exact) mass is 569 g/mol. The minimum atomic E-state index is -0.953. The Morgan fingerprint density at radius 2 is 0.650 bits per heavy atom. The van der Waals surface area contributed by atoms with E-state index in [0.717, 1.165) is 25.7 Å². The van der Waals surface area contributed by atoms with Gasteiger partial charge in [0, 0.05) is 12.8 Å². The largest absolute Gasteiger partial charge is 0.463 e. The van der Waals surface area contributed by atoms with Crippen LogP contribution in [-0.4, -0.2) is 36.4 Å². The SMILES string of the molecule is CCCCCCCCCCCCCCCCC(=O)OC[C@H](O)COC(=O)CCCCCCCCCCCCCC. The molecule has 238 valence electrons. The highest BCUT2D eigenvalue weighted by molar-refractivity contribution is 5.69. The molecule has 0 heterocycles. The van der Waals surface area contributed by atoms with Crippen LogP contribution in [0, 0.1) is 0 Å². The molecule has 0 amide bonds. The number of carbonyl (C=O) groups is 2. The summed E-state index contributed by atoms with van der Waals surface area (Å²) in [6, 6.07) is 0. The minimum Gasteiger partial charge on any atom is -0.463 e. The molecule has 0 aliphatic heterocycles. The fourth-order valence-electron chi connectivity index (χ4n) is 5.14. The molecule has 0 aromatic heterocycles. The molecule has 0 saturated carbocycles. The lowest BCUT2D eigenvalue weighted by molar-refractivity contribution is -0.152. The predicted molar refractivity (Wildman–Crippen MR) is 169 cm³/mol. The van der Waals surface area contributed by atoms with Gasteiger partial charge in [-0.15, -0.1) is 0 Å². The van der Waals surface area contributed by atoms with Gasteiger partial charge in [-0.1, -0.05) is 168 Å². The number of esters is 2. The molecule has 1 atom stereocenters. The van der Waals surface area contributed by atoms with Gasteiger partial charge in [0.05, 0.1) is 0 Å². The first-order valence-electron chi connectivity index (χ1n) is 17.6. The topological polar surface area (TPSA) is 72.8 Å². The lowest BCUT2D eigenvalue weighted by Crippen LogP contribution is -2.25. The fourth-order valence-corrected chi connectivity index (χ4v) is 5.14. The van der Waals surface area contributed by atoms with E-state index in [1.165, 1.54) is 141 Å². The van der Waals surface area contributed by atoms with E-state index in [0.29, 0.717) is 12.8 Å². The van der Waals surface area contributed by atoms with E-state index in [1.54, 1.807) is 0 Å². The second-order valence-corrected chi connectivity index (χ2v) is 12.0. The molecule has 5 nitrogen and oxygen atoms in total. The third kappa shape index (κ3) is 31.4. The maximum atomic E-state index is 11.9. The molecule has 0 radical (unpaired) electrons. The molecule has 0 unspecified atom stereocenters. The first-order valence-corrected chi connectivity index (χ1v) is 17.6. The highest BCUT2D eigenvalue weighted by atomic mass is 16.6. The van der Waals surface area contributed by atoms with E-state index in [9.17, 15) is 14.7 Å². The zero-order chi connectivity index (χ0) is 29.4. The summed E-state index contributed by atoms with van der Waals surface area (Å²) in [5, 5.41) is 9.96. The Balaban J connectivity index is 3.39. The van der Waals surface area contributed by atoms with Crippen molar-refractivity contribution in [1.29, 1.82) is 0 Å². The number of ether oxygens (including phenoxy) is 2. The van der Waals surface area contributed by atoms with Crippen molar-refractivity contribution in [3.8, 4) is 0 Å². The third-order valence-electron chi connectivity index (χ3n) is 7.84. The quantitative estimate of drug-likeness (QED) is 0.0645. The van der Waals surface area contributed by atoms with Gasteiger partial charge in [0.1, 0.15) is 19.3 Å². The van der Waals surface area contributed by atoms with Gasteiger partial charge in [-0.3, -0.25) is 9.59 Å². The van der Waals surface area contributed by atoms with Crippen LogP contribution in [0.15, 0.2) is 0 Å². The molecular formula is C35H68O5. The van der Waals surface area contributed by atoms with Crippen molar-refractivity contribution in [2.24, 2.45) is 0 Å². The Hall–Kier alpha value is -1.10. The standard InChI is InChI=1S/C35H68O5/c1-3-5-7-9-11-13-15-17-18-20-22-24-26-28-30-35(38)40-32-33(36)31-39-34(37)29-27-25-23-21-19-16-14-12-10-8-6-4-2/h33,36H,3-32H2,1-2H3/t33-/m1/s1. The van der Waals surface area contributed by atoms with Gasteiger partial charge >= 0.3 is 11.9 Å². The van der Waals surface area contributed by atoms with Crippen LogP contribution in [0.25, 0.3) is 0 Å². The molecule has 40 heavy (non-hydrogen) atoms. The van der Waals surface area contributed by atoms with Crippen LogP contribution in [0.3, 0.4) is 0 Å². The Morgan fingerprint density at radius 1 is 0.425 bits per heavy atom. The number of hydrogen-bond acceptors (Lipinski definition) is 5. The van der Waals surface area contributed by atoms with Gasteiger partial charge in [-0.25, -0.2) is 0 Å². The number of unbranched alkanes of at least 4 members (excludes halogenated alkanes) is 24. The molecule has 0 aliphatic carbocycles. The van der Waals surface area contributed by atoms with Crippen molar-refractivity contribution in [2.75, 3.05) is 13.2 Å². The molecule has 0 aliphatic rings. The van der Waals surface area contributed by atoms with Crippen LogP contribution in [0.5, 0.6) is 0 Å². The van der Waals surface area contributed by atoms with Crippen LogP contribution in [0.2, 0.25) is 0 Å². The van der Waals surface area contributed by atoms with Crippen LogP contribution in [-0.2, 0) is 19.1 Å². The van der Waals surface area contributed by atoms with Crippen molar-refractivity contribution in [3.05, 3.63) is 0 Å². The minimum absolute atomic E-state index is 0.108. The highest BCUT2D eigenvalue weighted by Gasteiger charge is 2.12. The zero-order valence-corrected chi connectivity index (χ0v) is 26.9. The summed E-state index contributed by atoms with van der Waals surface area (Å²) in [6.07, 6.45) is 32.9. The molecular weight excluding hydrogens is 500 g/mol. The number of rotatable bonds is 32. The number of carbonyl (C=O) groups excluding carboxylic acids is 2. The van der Waals surface area contributed by atoms with E-state index in [-0.39, 0.29) is 25.2 Å². The first-order chi connectivity index (χ1) is 19.6. The summed E-state index contributed by atoms with van der Waals surface area (Å²) in [4.78, 5) is 23.8. The van der Waals surface area contributed by atoms with E-state index in [1.807, 2.05) is 0 Å². The maximum absolute atomic E-state index is 11.9. The lowest BCUT2D eigenvalue weighted by Gasteiger charge is -2.12. The summed E-state index contributed by atoms with van der Waals surface area (Å²) in [5.74, 6) is -0.555. The Morgan fingerprint density at radius 3 is 0.900 bits per heavy atom. The van der Waals surface area contributed by atoms with E-state index < -0.39 is 6.10 Å². The predicted octanol–water partition coefficient (Wildman–Crippen LogP) is 10.4. The molecule has 5 heteroatoms. The summed E-state index contributed by atoms with van der Waals surface area (Å²) in [7, 11) is 0. The van der Waals surface area contributed by atoms with Gasteiger partial charge in [0.15, 0.2) is 0 Å². The smallest absolute Gasteiger partial charge is 0.305 e. The Kier molecular flexibility index (Phi) is 31.5. The van der Waals surface area contributed by atoms with Gasteiger partial charge in [0.2, 0.25) is 0 Å². The van der Waals surface area contributed by atoms with Crippen LogP contribution in [0.4, 0.5) is 0 Å². The first kappa shape index (κ1) is 38.9. The number of aliphatic hydroxyl groups is 1. The van der Waals surface area contributed by atoms with Crippen molar-refractivity contribution >= 4 is 11.9 Å². The summed E-state index contributed by atoms with van der Waals surface area (Å²) in [5.41, 5.74) is 0. The molecule has 0 saturated heterocycles. The molecule has 0 spiro atoms. The van der Waals surface area contributed by atoms with Crippen LogP contribution >= 0.6 is 0 Å². The Labute approximate surface area is 248 Å². The van der Waals surface area contributed by atoms with Gasteiger partial charge < -0.3 is 14.6 Å². The second kappa shape index (κ2) is 32.4. The van der Waals surface area contributed by atoms with Crippen molar-refractivity contribution in [1.82, 2.24) is 0 Å². The van der Waals surface area contributed by atoms with Crippen molar-refractivity contribution in [3.63, 3.8) is 0 Å². The summed E-state index contributed by atoms with van der Waals surface area (Å²) in [6.45, 7) is 4.30. The molecule has 1 N–H and O–H groups in total. The molecule has 0 fully saturated rings. The van der Waals surface area contributed by atoms with Crippen molar-refractivity contribution in [2.45, 2.75) is 200 Å². The zero-order valence-electron chi connectivity index (χ0n) is 26.9.